The third-order valence-corrected chi connectivity index (χ3v) is 8.64. The van der Waals surface area contributed by atoms with E-state index < -0.39 is 0 Å². The van der Waals surface area contributed by atoms with Crippen LogP contribution in [0.2, 0.25) is 0 Å². The molecule has 0 spiro atoms. The molecule has 1 aromatic carbocycles. The molecular weight excluding hydrogens is 434 g/mol. The molecule has 3 aromatic rings. The minimum Gasteiger partial charge on any atom is -0.495 e. The summed E-state index contributed by atoms with van der Waals surface area (Å²) in [5, 5.41) is 4.60. The maximum absolute atomic E-state index is 13.3. The maximum Gasteiger partial charge on any atom is 0.229 e. The van der Waals surface area contributed by atoms with Crippen molar-refractivity contribution in [3.05, 3.63) is 40.0 Å². The van der Waals surface area contributed by atoms with Gasteiger partial charge in [0.05, 0.1) is 30.1 Å². The highest BCUT2D eigenvalue weighted by molar-refractivity contribution is 7.19. The van der Waals surface area contributed by atoms with Crippen molar-refractivity contribution in [3.63, 3.8) is 0 Å². The number of ether oxygens (including phenoxy) is 1. The van der Waals surface area contributed by atoms with Crippen LogP contribution in [0.5, 0.6) is 5.75 Å². The zero-order valence-electron chi connectivity index (χ0n) is 19.0. The Hall–Kier alpha value is -3.00. The SMILES string of the molecule is CC[C@]1(C(=O)N2CCC2)CCc2c(sc3ncnc(Nc4cc5c(cc4OC)CN=C5)c23)C1. The fraction of sp³-hybridized carbons (Fsp3) is 0.440. The molecule has 0 radical (unpaired) electrons. The second kappa shape index (κ2) is 7.80. The number of methoxy groups -OCH3 is 1. The first-order valence-electron chi connectivity index (χ1n) is 11.6. The van der Waals surface area contributed by atoms with E-state index in [4.69, 9.17) is 4.74 Å². The molecule has 33 heavy (non-hydrogen) atoms. The third-order valence-electron chi connectivity index (χ3n) is 7.50. The number of nitrogens with one attached hydrogen (secondary N) is 1. The van der Waals surface area contributed by atoms with Gasteiger partial charge in [0.2, 0.25) is 5.91 Å². The van der Waals surface area contributed by atoms with E-state index in [1.165, 1.54) is 16.0 Å². The summed E-state index contributed by atoms with van der Waals surface area (Å²) < 4.78 is 5.65. The molecule has 0 unspecified atom stereocenters. The lowest BCUT2D eigenvalue weighted by molar-refractivity contribution is -0.147. The van der Waals surface area contributed by atoms with Crippen molar-refractivity contribution in [1.29, 1.82) is 0 Å². The zero-order chi connectivity index (χ0) is 22.6. The summed E-state index contributed by atoms with van der Waals surface area (Å²) in [7, 11) is 1.68. The van der Waals surface area contributed by atoms with Gasteiger partial charge in [-0.2, -0.15) is 0 Å². The second-order valence-corrected chi connectivity index (χ2v) is 10.3. The van der Waals surface area contributed by atoms with Crippen LogP contribution in [0.1, 0.15) is 47.8 Å². The Labute approximate surface area is 196 Å². The highest BCUT2D eigenvalue weighted by atomic mass is 32.1. The molecule has 6 rings (SSSR count). The van der Waals surface area contributed by atoms with Crippen molar-refractivity contribution in [3.8, 4) is 5.75 Å². The fourth-order valence-electron chi connectivity index (χ4n) is 5.32. The highest BCUT2D eigenvalue weighted by Crippen LogP contribution is 2.47. The molecule has 4 heterocycles. The maximum atomic E-state index is 13.3. The van der Waals surface area contributed by atoms with Gasteiger partial charge >= 0.3 is 0 Å². The lowest BCUT2D eigenvalue weighted by atomic mass is 9.70. The van der Waals surface area contributed by atoms with E-state index in [2.05, 4.69) is 33.3 Å². The van der Waals surface area contributed by atoms with Crippen molar-refractivity contribution in [1.82, 2.24) is 14.9 Å². The number of aryl methyl sites for hydroxylation is 1. The smallest absolute Gasteiger partial charge is 0.229 e. The van der Waals surface area contributed by atoms with Crippen LogP contribution in [0.25, 0.3) is 10.2 Å². The minimum absolute atomic E-state index is 0.280. The van der Waals surface area contributed by atoms with Crippen LogP contribution in [0, 0.1) is 5.41 Å². The molecule has 2 aliphatic heterocycles. The van der Waals surface area contributed by atoms with Gasteiger partial charge in [0.1, 0.15) is 22.7 Å². The van der Waals surface area contributed by atoms with Crippen LogP contribution in [-0.2, 0) is 24.2 Å². The number of amides is 1. The number of fused-ring (bicyclic) bond motifs is 4. The predicted molar refractivity (Wildman–Crippen MR) is 131 cm³/mol. The van der Waals surface area contributed by atoms with Gasteiger partial charge in [-0.05, 0) is 60.9 Å². The summed E-state index contributed by atoms with van der Waals surface area (Å²) in [6.07, 6.45) is 8.08. The van der Waals surface area contributed by atoms with Gasteiger partial charge in [-0.3, -0.25) is 9.79 Å². The molecule has 1 amide bonds. The molecular formula is C25H27N5O2S. The molecule has 2 aromatic heterocycles. The molecule has 0 saturated carbocycles. The predicted octanol–water partition coefficient (Wildman–Crippen LogP) is 4.49. The van der Waals surface area contributed by atoms with E-state index in [0.29, 0.717) is 12.5 Å². The van der Waals surface area contributed by atoms with Gasteiger partial charge < -0.3 is 15.0 Å². The first-order valence-corrected chi connectivity index (χ1v) is 12.5. The normalized spacial score (nSPS) is 21.0. The van der Waals surface area contributed by atoms with Gasteiger partial charge in [0.15, 0.2) is 0 Å². The number of hydrogen-bond donors (Lipinski definition) is 1. The van der Waals surface area contributed by atoms with Gasteiger partial charge in [-0.25, -0.2) is 9.97 Å². The van der Waals surface area contributed by atoms with E-state index in [0.717, 1.165) is 78.2 Å². The molecule has 1 atom stereocenters. The second-order valence-electron chi connectivity index (χ2n) is 9.21. The number of benzene rings is 1. The van der Waals surface area contributed by atoms with Crippen molar-refractivity contribution in [2.75, 3.05) is 25.5 Å². The molecule has 8 heteroatoms. The van der Waals surface area contributed by atoms with Gasteiger partial charge in [-0.1, -0.05) is 6.92 Å². The van der Waals surface area contributed by atoms with Crippen LogP contribution in [0.15, 0.2) is 23.5 Å². The van der Waals surface area contributed by atoms with Gasteiger partial charge in [0, 0.05) is 24.2 Å². The molecule has 3 aliphatic rings. The van der Waals surface area contributed by atoms with E-state index in [1.54, 1.807) is 24.8 Å². The highest BCUT2D eigenvalue weighted by Gasteiger charge is 2.44. The van der Waals surface area contributed by atoms with Crippen LogP contribution < -0.4 is 10.1 Å². The quantitative estimate of drug-likeness (QED) is 0.605. The van der Waals surface area contributed by atoms with Crippen LogP contribution >= 0.6 is 11.3 Å². The number of aromatic nitrogens is 2. The number of aliphatic imine (C=N–C) groups is 1. The van der Waals surface area contributed by atoms with Crippen molar-refractivity contribution in [2.24, 2.45) is 10.4 Å². The number of likely N-dealkylation sites (tertiary alicyclic amines) is 1. The number of anilines is 2. The fourth-order valence-corrected chi connectivity index (χ4v) is 6.65. The zero-order valence-corrected chi connectivity index (χ0v) is 19.8. The average molecular weight is 462 g/mol. The standard InChI is InChI=1S/C25H27N5O2S/c1-3-25(24(31)30-7-4-8-30)6-5-17-20(11-25)33-23-21(17)22(27-14-28-23)29-18-9-15-12-26-13-16(15)10-19(18)32-2/h9-10,12,14H,3-8,11,13H2,1-2H3,(H,27,28,29)/t25-/m0/s1. The van der Waals surface area contributed by atoms with Gasteiger partial charge in [-0.15, -0.1) is 11.3 Å². The average Bonchev–Trinajstić information content (AvgIpc) is 3.40. The molecule has 7 nitrogen and oxygen atoms in total. The Morgan fingerprint density at radius 3 is 2.94 bits per heavy atom. The van der Waals surface area contributed by atoms with Crippen LogP contribution in [0.3, 0.4) is 0 Å². The Balaban J connectivity index is 1.38. The molecule has 1 saturated heterocycles. The summed E-state index contributed by atoms with van der Waals surface area (Å²) in [5.41, 5.74) is 4.16. The number of carbonyl (C=O) groups is 1. The minimum atomic E-state index is -0.280. The van der Waals surface area contributed by atoms with Crippen LogP contribution in [0.4, 0.5) is 11.5 Å². The van der Waals surface area contributed by atoms with Crippen molar-refractivity contribution in [2.45, 2.75) is 45.6 Å². The van der Waals surface area contributed by atoms with E-state index >= 15 is 0 Å². The molecule has 1 N–H and O–H groups in total. The number of rotatable bonds is 5. The number of nitrogens with zero attached hydrogens (tertiary/aromatic N) is 4. The van der Waals surface area contributed by atoms with E-state index in [-0.39, 0.29) is 5.41 Å². The topological polar surface area (TPSA) is 79.7 Å². The lowest BCUT2D eigenvalue weighted by Gasteiger charge is -2.42. The van der Waals surface area contributed by atoms with Crippen molar-refractivity contribution < 1.29 is 9.53 Å². The van der Waals surface area contributed by atoms with Gasteiger partial charge in [0.25, 0.3) is 0 Å². The molecule has 170 valence electrons. The molecule has 0 bridgehead atoms. The summed E-state index contributed by atoms with van der Waals surface area (Å²) >= 11 is 1.71. The molecule has 1 fully saturated rings. The number of carbonyl (C=O) groups excluding carboxylic acids is 1. The lowest BCUT2D eigenvalue weighted by Crippen LogP contribution is -2.51. The summed E-state index contributed by atoms with van der Waals surface area (Å²) in [6.45, 7) is 4.67. The monoisotopic (exact) mass is 461 g/mol. The van der Waals surface area contributed by atoms with Crippen molar-refractivity contribution >= 4 is 45.2 Å². The summed E-state index contributed by atoms with van der Waals surface area (Å²) in [6, 6.07) is 4.12. The summed E-state index contributed by atoms with van der Waals surface area (Å²) in [5.74, 6) is 1.91. The summed E-state index contributed by atoms with van der Waals surface area (Å²) in [4.78, 5) is 31.2. The van der Waals surface area contributed by atoms with E-state index in [9.17, 15) is 4.79 Å². The Bertz CT molecular complexity index is 1300. The number of hydrogen-bond acceptors (Lipinski definition) is 7. The van der Waals surface area contributed by atoms with Crippen LogP contribution in [-0.4, -0.2) is 47.2 Å². The largest absolute Gasteiger partial charge is 0.495 e. The Kier molecular flexibility index (Phi) is 4.87. The third kappa shape index (κ3) is 3.22. The Morgan fingerprint density at radius 1 is 1.30 bits per heavy atom. The molecule has 1 aliphatic carbocycles. The number of thiophene rings is 1. The Morgan fingerprint density at radius 2 is 2.18 bits per heavy atom. The first kappa shape index (κ1) is 20.6. The van der Waals surface area contributed by atoms with E-state index in [1.807, 2.05) is 17.2 Å². The first-order chi connectivity index (χ1) is 16.1.